The van der Waals surface area contributed by atoms with Gasteiger partial charge in [-0.1, -0.05) is 71.9 Å². The quantitative estimate of drug-likeness (QED) is 0.818. The molecule has 1 heteroatoms. The Balaban J connectivity index is 3.11. The maximum atomic E-state index is 11.1. The van der Waals surface area contributed by atoms with Gasteiger partial charge in [-0.05, 0) is 16.4 Å². The minimum absolute atomic E-state index is 0.152. The molecule has 0 amide bonds. The predicted molar refractivity (Wildman–Crippen MR) is 74.0 cm³/mol. The summed E-state index contributed by atoms with van der Waals surface area (Å²) in [6.07, 6.45) is 0.695. The standard InChI is InChI=1S/C16H26O/c1-14(2,3)16(17,15(4,5)6)12-13-10-8-7-9-11-13/h7-11,17H,12H2,1-6H3. The molecule has 1 N–H and O–H groups in total. The Hall–Kier alpha value is -0.820. The first-order valence-corrected chi connectivity index (χ1v) is 6.34. The number of hydrogen-bond acceptors (Lipinski definition) is 1. The Morgan fingerprint density at radius 2 is 1.24 bits per heavy atom. The van der Waals surface area contributed by atoms with Crippen molar-refractivity contribution in [1.29, 1.82) is 0 Å². The normalized spacial score (nSPS) is 13.8. The molecule has 0 aliphatic carbocycles. The molecule has 0 saturated carbocycles. The lowest BCUT2D eigenvalue weighted by Crippen LogP contribution is -2.54. The van der Waals surface area contributed by atoms with Crippen LogP contribution in [0.2, 0.25) is 0 Å². The Labute approximate surface area is 106 Å². The predicted octanol–water partition coefficient (Wildman–Crippen LogP) is 4.05. The highest BCUT2D eigenvalue weighted by molar-refractivity contribution is 5.19. The van der Waals surface area contributed by atoms with Gasteiger partial charge in [-0.3, -0.25) is 0 Å². The Bertz CT molecular complexity index is 337. The van der Waals surface area contributed by atoms with Crippen LogP contribution in [-0.2, 0) is 6.42 Å². The molecular weight excluding hydrogens is 208 g/mol. The van der Waals surface area contributed by atoms with Crippen molar-refractivity contribution in [2.24, 2.45) is 10.8 Å². The van der Waals surface area contributed by atoms with Gasteiger partial charge in [-0.2, -0.15) is 0 Å². The zero-order valence-corrected chi connectivity index (χ0v) is 12.0. The summed E-state index contributed by atoms with van der Waals surface area (Å²) < 4.78 is 0. The van der Waals surface area contributed by atoms with E-state index in [0.717, 1.165) is 0 Å². The molecule has 0 aliphatic rings. The van der Waals surface area contributed by atoms with E-state index in [1.54, 1.807) is 0 Å². The van der Waals surface area contributed by atoms with Crippen molar-refractivity contribution in [2.75, 3.05) is 0 Å². The lowest BCUT2D eigenvalue weighted by molar-refractivity contribution is -0.136. The van der Waals surface area contributed by atoms with Crippen LogP contribution in [0.1, 0.15) is 47.1 Å². The van der Waals surface area contributed by atoms with Crippen molar-refractivity contribution in [3.05, 3.63) is 35.9 Å². The molecule has 0 saturated heterocycles. The van der Waals surface area contributed by atoms with E-state index in [4.69, 9.17) is 0 Å². The molecule has 0 unspecified atom stereocenters. The fraction of sp³-hybridized carbons (Fsp3) is 0.625. The van der Waals surface area contributed by atoms with E-state index in [1.807, 2.05) is 18.2 Å². The third kappa shape index (κ3) is 2.90. The maximum Gasteiger partial charge on any atom is 0.0783 e. The van der Waals surface area contributed by atoms with Crippen LogP contribution in [0.3, 0.4) is 0 Å². The van der Waals surface area contributed by atoms with Crippen LogP contribution in [0, 0.1) is 10.8 Å². The van der Waals surface area contributed by atoms with E-state index in [1.165, 1.54) is 5.56 Å². The van der Waals surface area contributed by atoms with E-state index >= 15 is 0 Å². The second-order valence-corrected chi connectivity index (χ2v) is 7.02. The highest BCUT2D eigenvalue weighted by Gasteiger charge is 2.48. The van der Waals surface area contributed by atoms with E-state index in [-0.39, 0.29) is 10.8 Å². The molecule has 0 bridgehead atoms. The van der Waals surface area contributed by atoms with Gasteiger partial charge in [0.25, 0.3) is 0 Å². The molecule has 0 fully saturated rings. The van der Waals surface area contributed by atoms with Crippen LogP contribution < -0.4 is 0 Å². The van der Waals surface area contributed by atoms with Gasteiger partial charge in [0.1, 0.15) is 0 Å². The fourth-order valence-corrected chi connectivity index (χ4v) is 2.55. The molecule has 0 aromatic heterocycles. The number of benzene rings is 1. The fourth-order valence-electron chi connectivity index (χ4n) is 2.55. The molecule has 1 nitrogen and oxygen atoms in total. The Kier molecular flexibility index (Phi) is 3.73. The van der Waals surface area contributed by atoms with Gasteiger partial charge in [0.15, 0.2) is 0 Å². The highest BCUT2D eigenvalue weighted by Crippen LogP contribution is 2.45. The van der Waals surface area contributed by atoms with Crippen molar-refractivity contribution in [3.8, 4) is 0 Å². The van der Waals surface area contributed by atoms with Crippen molar-refractivity contribution in [2.45, 2.75) is 53.6 Å². The van der Waals surface area contributed by atoms with Gasteiger partial charge in [0, 0.05) is 6.42 Å². The van der Waals surface area contributed by atoms with Gasteiger partial charge in [-0.25, -0.2) is 0 Å². The smallest absolute Gasteiger partial charge is 0.0783 e. The second kappa shape index (κ2) is 4.45. The summed E-state index contributed by atoms with van der Waals surface area (Å²) in [6, 6.07) is 10.2. The molecule has 0 heterocycles. The van der Waals surface area contributed by atoms with E-state index < -0.39 is 5.60 Å². The third-order valence-electron chi connectivity index (χ3n) is 3.78. The van der Waals surface area contributed by atoms with Gasteiger partial charge in [-0.15, -0.1) is 0 Å². The molecule has 0 atom stereocenters. The average molecular weight is 234 g/mol. The molecular formula is C16H26O. The SMILES string of the molecule is CC(C)(C)C(O)(Cc1ccccc1)C(C)(C)C. The highest BCUT2D eigenvalue weighted by atomic mass is 16.3. The number of rotatable bonds is 2. The second-order valence-electron chi connectivity index (χ2n) is 7.02. The van der Waals surface area contributed by atoms with Crippen LogP contribution in [0.15, 0.2) is 30.3 Å². The summed E-state index contributed by atoms with van der Waals surface area (Å²) in [5.41, 5.74) is 0.170. The van der Waals surface area contributed by atoms with Gasteiger partial charge in [0.2, 0.25) is 0 Å². The summed E-state index contributed by atoms with van der Waals surface area (Å²) in [5, 5.41) is 11.1. The molecule has 1 rings (SSSR count). The molecule has 1 aromatic rings. The lowest BCUT2D eigenvalue weighted by Gasteiger charge is -2.50. The van der Waals surface area contributed by atoms with Crippen LogP contribution >= 0.6 is 0 Å². The topological polar surface area (TPSA) is 20.2 Å². The number of hydrogen-bond donors (Lipinski definition) is 1. The molecule has 1 aromatic carbocycles. The molecule has 17 heavy (non-hydrogen) atoms. The van der Waals surface area contributed by atoms with Crippen molar-refractivity contribution >= 4 is 0 Å². The van der Waals surface area contributed by atoms with Crippen molar-refractivity contribution < 1.29 is 5.11 Å². The van der Waals surface area contributed by atoms with E-state index in [9.17, 15) is 5.11 Å². The molecule has 0 aliphatic heterocycles. The summed E-state index contributed by atoms with van der Waals surface area (Å²) in [5.74, 6) is 0. The largest absolute Gasteiger partial charge is 0.388 e. The first-order chi connectivity index (χ1) is 7.58. The first kappa shape index (κ1) is 14.2. The van der Waals surface area contributed by atoms with Crippen molar-refractivity contribution in [1.82, 2.24) is 0 Å². The summed E-state index contributed by atoms with van der Waals surface area (Å²) >= 11 is 0. The first-order valence-electron chi connectivity index (χ1n) is 6.34. The molecule has 0 radical (unpaired) electrons. The lowest BCUT2D eigenvalue weighted by atomic mass is 9.60. The molecule has 0 spiro atoms. The van der Waals surface area contributed by atoms with Crippen molar-refractivity contribution in [3.63, 3.8) is 0 Å². The van der Waals surface area contributed by atoms with Gasteiger partial charge in [0.05, 0.1) is 5.60 Å². The monoisotopic (exact) mass is 234 g/mol. The van der Waals surface area contributed by atoms with Crippen LogP contribution in [0.4, 0.5) is 0 Å². The number of aliphatic hydroxyl groups is 1. The zero-order valence-electron chi connectivity index (χ0n) is 12.0. The van der Waals surface area contributed by atoms with Crippen LogP contribution in [0.5, 0.6) is 0 Å². The van der Waals surface area contributed by atoms with E-state index in [2.05, 4.69) is 53.7 Å². The van der Waals surface area contributed by atoms with Gasteiger partial charge >= 0.3 is 0 Å². The van der Waals surface area contributed by atoms with Crippen LogP contribution in [-0.4, -0.2) is 10.7 Å². The van der Waals surface area contributed by atoms with Crippen LogP contribution in [0.25, 0.3) is 0 Å². The van der Waals surface area contributed by atoms with Gasteiger partial charge < -0.3 is 5.11 Å². The summed E-state index contributed by atoms with van der Waals surface area (Å²) in [4.78, 5) is 0. The molecule has 96 valence electrons. The summed E-state index contributed by atoms with van der Waals surface area (Å²) in [7, 11) is 0. The summed E-state index contributed by atoms with van der Waals surface area (Å²) in [6.45, 7) is 12.7. The zero-order chi connectivity index (χ0) is 13.3. The average Bonchev–Trinajstić information content (AvgIpc) is 2.15. The Morgan fingerprint density at radius 3 is 1.59 bits per heavy atom. The maximum absolute atomic E-state index is 11.1. The minimum Gasteiger partial charge on any atom is -0.388 e. The Morgan fingerprint density at radius 1 is 0.824 bits per heavy atom. The minimum atomic E-state index is -0.721. The third-order valence-corrected chi connectivity index (χ3v) is 3.78. The van der Waals surface area contributed by atoms with E-state index in [0.29, 0.717) is 6.42 Å².